The summed E-state index contributed by atoms with van der Waals surface area (Å²) in [5.74, 6) is -0.817. The molecule has 0 saturated heterocycles. The molecule has 1 N–H and O–H groups in total. The number of sulfonamides is 1. The number of nitrogens with zero attached hydrogens (tertiary/aromatic N) is 2. The molecule has 0 saturated carbocycles. The molecule has 0 bridgehead atoms. The number of rotatable bonds is 9. The van der Waals surface area contributed by atoms with Crippen LogP contribution in [0.15, 0.2) is 48.5 Å². The molecule has 9 heteroatoms. The molecule has 2 rings (SSSR count). The molecule has 2 amide bonds. The van der Waals surface area contributed by atoms with Gasteiger partial charge in [-0.3, -0.25) is 13.9 Å². The van der Waals surface area contributed by atoms with Crippen LogP contribution in [-0.2, 0) is 31.6 Å². The second-order valence-corrected chi connectivity index (χ2v) is 11.6. The fourth-order valence-electron chi connectivity index (χ4n) is 3.48. The lowest BCUT2D eigenvalue weighted by molar-refractivity contribution is -0.139. The van der Waals surface area contributed by atoms with E-state index in [9.17, 15) is 18.0 Å². The molecule has 0 spiro atoms. The third kappa shape index (κ3) is 7.46. The van der Waals surface area contributed by atoms with Gasteiger partial charge in [0.25, 0.3) is 0 Å². The van der Waals surface area contributed by atoms with Gasteiger partial charge < -0.3 is 10.2 Å². The summed E-state index contributed by atoms with van der Waals surface area (Å²) in [5.41, 5.74) is 2.07. The third-order valence-electron chi connectivity index (χ3n) is 5.46. The Balaban J connectivity index is 2.39. The first-order valence-corrected chi connectivity index (χ1v) is 13.4. The fourth-order valence-corrected chi connectivity index (χ4v) is 4.54. The molecule has 0 aliphatic heterocycles. The van der Waals surface area contributed by atoms with Crippen molar-refractivity contribution in [2.75, 3.05) is 23.7 Å². The molecule has 0 heterocycles. The smallest absolute Gasteiger partial charge is 0.244 e. The summed E-state index contributed by atoms with van der Waals surface area (Å²) in [6, 6.07) is 13.3. The Morgan fingerprint density at radius 1 is 1.09 bits per heavy atom. The number of hydrogen-bond acceptors (Lipinski definition) is 4. The van der Waals surface area contributed by atoms with E-state index < -0.39 is 28.5 Å². The second-order valence-electron chi connectivity index (χ2n) is 9.29. The Morgan fingerprint density at radius 3 is 2.21 bits per heavy atom. The lowest BCUT2D eigenvalue weighted by Gasteiger charge is -2.31. The maximum atomic E-state index is 13.4. The fraction of sp³-hybridized carbons (Fsp3) is 0.440. The standard InChI is InChI=1S/C25H34ClN3O4S/c1-7-27-24(31)18(2)28(16-19-9-8-10-21(26)15-19)23(30)17-29(34(6,32)33)22-13-11-20(12-14-22)25(3,4)5/h8-15,18H,7,16-17H2,1-6H3,(H,27,31)/t18-/m0/s1. The Kier molecular flexibility index (Phi) is 9.14. The van der Waals surface area contributed by atoms with Crippen molar-refractivity contribution in [3.05, 3.63) is 64.7 Å². The summed E-state index contributed by atoms with van der Waals surface area (Å²) in [6.07, 6.45) is 1.06. The minimum atomic E-state index is -3.77. The van der Waals surface area contributed by atoms with E-state index in [1.807, 2.05) is 12.1 Å². The molecule has 0 aliphatic rings. The van der Waals surface area contributed by atoms with E-state index in [0.29, 0.717) is 17.3 Å². The molecule has 0 radical (unpaired) electrons. The van der Waals surface area contributed by atoms with Crippen molar-refractivity contribution in [2.24, 2.45) is 0 Å². The summed E-state index contributed by atoms with van der Waals surface area (Å²) in [7, 11) is -3.77. The molecule has 0 unspecified atom stereocenters. The van der Waals surface area contributed by atoms with Gasteiger partial charge in [-0.05, 0) is 54.7 Å². The normalized spacial score (nSPS) is 12.7. The van der Waals surface area contributed by atoms with Gasteiger partial charge >= 0.3 is 0 Å². The van der Waals surface area contributed by atoms with Gasteiger partial charge in [0, 0.05) is 18.1 Å². The predicted octanol–water partition coefficient (Wildman–Crippen LogP) is 3.96. The largest absolute Gasteiger partial charge is 0.355 e. The third-order valence-corrected chi connectivity index (χ3v) is 6.84. The van der Waals surface area contributed by atoms with Gasteiger partial charge in [0.1, 0.15) is 12.6 Å². The lowest BCUT2D eigenvalue weighted by Crippen LogP contribution is -2.51. The maximum Gasteiger partial charge on any atom is 0.244 e. The van der Waals surface area contributed by atoms with Crippen molar-refractivity contribution in [3.8, 4) is 0 Å². The lowest BCUT2D eigenvalue weighted by atomic mass is 9.87. The number of amides is 2. The number of halogens is 1. The molecule has 186 valence electrons. The van der Waals surface area contributed by atoms with E-state index in [2.05, 4.69) is 26.1 Å². The summed E-state index contributed by atoms with van der Waals surface area (Å²) >= 11 is 6.10. The number of anilines is 1. The van der Waals surface area contributed by atoms with Crippen LogP contribution in [0.1, 0.15) is 45.7 Å². The Labute approximate surface area is 208 Å². The van der Waals surface area contributed by atoms with Crippen LogP contribution in [0.2, 0.25) is 5.02 Å². The monoisotopic (exact) mass is 507 g/mol. The summed E-state index contributed by atoms with van der Waals surface area (Å²) in [6.45, 7) is 9.70. The number of carbonyl (C=O) groups is 2. The molecule has 2 aromatic carbocycles. The van der Waals surface area contributed by atoms with Crippen molar-refractivity contribution >= 4 is 39.1 Å². The second kappa shape index (κ2) is 11.2. The Hall–Kier alpha value is -2.58. The minimum absolute atomic E-state index is 0.0971. The van der Waals surface area contributed by atoms with E-state index >= 15 is 0 Å². The highest BCUT2D eigenvalue weighted by Crippen LogP contribution is 2.26. The van der Waals surface area contributed by atoms with E-state index in [-0.39, 0.29) is 17.9 Å². The van der Waals surface area contributed by atoms with Crippen molar-refractivity contribution < 1.29 is 18.0 Å². The van der Waals surface area contributed by atoms with Crippen LogP contribution >= 0.6 is 11.6 Å². The first kappa shape index (κ1) is 27.7. The number of hydrogen-bond donors (Lipinski definition) is 1. The van der Waals surface area contributed by atoms with E-state index in [1.54, 1.807) is 50.2 Å². The molecule has 0 aromatic heterocycles. The Bertz CT molecular complexity index is 1110. The molecule has 1 atom stereocenters. The number of nitrogens with one attached hydrogen (secondary N) is 1. The first-order valence-electron chi connectivity index (χ1n) is 11.1. The number of likely N-dealkylation sites (N-methyl/N-ethyl adjacent to an activating group) is 1. The highest BCUT2D eigenvalue weighted by Gasteiger charge is 2.30. The topological polar surface area (TPSA) is 86.8 Å². The van der Waals surface area contributed by atoms with Crippen LogP contribution in [0.4, 0.5) is 5.69 Å². The van der Waals surface area contributed by atoms with Gasteiger partial charge in [-0.1, -0.05) is 56.6 Å². The van der Waals surface area contributed by atoms with Crippen LogP contribution in [0, 0.1) is 0 Å². The summed E-state index contributed by atoms with van der Waals surface area (Å²) in [5, 5.41) is 3.23. The van der Waals surface area contributed by atoms with Crippen molar-refractivity contribution in [3.63, 3.8) is 0 Å². The minimum Gasteiger partial charge on any atom is -0.355 e. The van der Waals surface area contributed by atoms with Gasteiger partial charge in [0.2, 0.25) is 21.8 Å². The van der Waals surface area contributed by atoms with Crippen LogP contribution < -0.4 is 9.62 Å². The summed E-state index contributed by atoms with van der Waals surface area (Å²) < 4.78 is 26.3. The zero-order valence-corrected chi connectivity index (χ0v) is 22.2. The molecular weight excluding hydrogens is 474 g/mol. The highest BCUT2D eigenvalue weighted by molar-refractivity contribution is 7.92. The van der Waals surface area contributed by atoms with Gasteiger partial charge in [0.15, 0.2) is 0 Å². The maximum absolute atomic E-state index is 13.4. The van der Waals surface area contributed by atoms with Crippen LogP contribution in [0.25, 0.3) is 0 Å². The van der Waals surface area contributed by atoms with Gasteiger partial charge in [-0.25, -0.2) is 8.42 Å². The SMILES string of the molecule is CCNC(=O)[C@H](C)N(Cc1cccc(Cl)c1)C(=O)CN(c1ccc(C(C)(C)C)cc1)S(C)(=O)=O. The molecule has 0 fully saturated rings. The average molecular weight is 508 g/mol. The molecule has 0 aliphatic carbocycles. The molecule has 2 aromatic rings. The zero-order valence-electron chi connectivity index (χ0n) is 20.6. The van der Waals surface area contributed by atoms with Crippen LogP contribution in [0.3, 0.4) is 0 Å². The predicted molar refractivity (Wildman–Crippen MR) is 137 cm³/mol. The molecule has 7 nitrogen and oxygen atoms in total. The average Bonchev–Trinajstić information content (AvgIpc) is 2.74. The Morgan fingerprint density at radius 2 is 1.71 bits per heavy atom. The van der Waals surface area contributed by atoms with E-state index in [1.165, 1.54) is 4.90 Å². The van der Waals surface area contributed by atoms with Gasteiger partial charge in [-0.15, -0.1) is 0 Å². The van der Waals surface area contributed by atoms with E-state index in [0.717, 1.165) is 21.7 Å². The van der Waals surface area contributed by atoms with Crippen molar-refractivity contribution in [1.82, 2.24) is 10.2 Å². The highest BCUT2D eigenvalue weighted by atomic mass is 35.5. The summed E-state index contributed by atoms with van der Waals surface area (Å²) in [4.78, 5) is 27.4. The quantitative estimate of drug-likeness (QED) is 0.556. The van der Waals surface area contributed by atoms with E-state index in [4.69, 9.17) is 11.6 Å². The van der Waals surface area contributed by atoms with Crippen molar-refractivity contribution in [1.29, 1.82) is 0 Å². The van der Waals surface area contributed by atoms with Gasteiger partial charge in [-0.2, -0.15) is 0 Å². The zero-order chi connectivity index (χ0) is 25.7. The van der Waals surface area contributed by atoms with Crippen molar-refractivity contribution in [2.45, 2.75) is 52.6 Å². The molecular formula is C25H34ClN3O4S. The first-order chi connectivity index (χ1) is 15.7. The number of benzene rings is 2. The molecule has 34 heavy (non-hydrogen) atoms. The van der Waals surface area contributed by atoms with Crippen LogP contribution in [-0.4, -0.2) is 50.5 Å². The van der Waals surface area contributed by atoms with Crippen LogP contribution in [0.5, 0.6) is 0 Å². The number of carbonyl (C=O) groups excluding carboxylic acids is 2. The van der Waals surface area contributed by atoms with Gasteiger partial charge in [0.05, 0.1) is 11.9 Å².